The molecule has 132 valence electrons. The van der Waals surface area contributed by atoms with Crippen LogP contribution in [-0.2, 0) is 16.8 Å². The van der Waals surface area contributed by atoms with Crippen LogP contribution in [0.1, 0.15) is 24.0 Å². The number of hydrogen-bond donors (Lipinski definition) is 1. The van der Waals surface area contributed by atoms with Gasteiger partial charge in [-0.25, -0.2) is 0 Å². The Balaban J connectivity index is 1.67. The van der Waals surface area contributed by atoms with E-state index in [4.69, 9.17) is 0 Å². The Kier molecular flexibility index (Phi) is 4.48. The number of hydrogen-bond acceptors (Lipinski definition) is 2. The summed E-state index contributed by atoms with van der Waals surface area (Å²) in [6, 6.07) is 24.8. The quantitative estimate of drug-likeness (QED) is 0.762. The molecule has 3 aromatic rings. The van der Waals surface area contributed by atoms with Crippen molar-refractivity contribution in [3.63, 3.8) is 0 Å². The van der Waals surface area contributed by atoms with Crippen molar-refractivity contribution in [1.82, 2.24) is 4.90 Å². The fraction of sp³-hybridized carbons (Fsp3) is 0.261. The molecule has 4 rings (SSSR count). The standard InChI is InChI=1S/C23H23NO2/c25-13-12-23(21-11-10-19-8-4-5-9-20(19)14-21)15-22(26)24(17-23)16-18-6-2-1-3-7-18/h1-11,14,25H,12-13,15-17H2. The lowest BCUT2D eigenvalue weighted by atomic mass is 9.76. The van der Waals surface area contributed by atoms with E-state index in [0.29, 0.717) is 25.9 Å². The third-order valence-electron chi connectivity index (χ3n) is 5.50. The van der Waals surface area contributed by atoms with Gasteiger partial charge in [-0.05, 0) is 28.3 Å². The first-order chi connectivity index (χ1) is 12.7. The van der Waals surface area contributed by atoms with Gasteiger partial charge in [-0.2, -0.15) is 0 Å². The predicted octanol–water partition coefficient (Wildman–Crippen LogP) is 3.89. The molecule has 1 unspecified atom stereocenters. The van der Waals surface area contributed by atoms with E-state index in [2.05, 4.69) is 42.5 Å². The second kappa shape index (κ2) is 6.93. The molecule has 1 fully saturated rings. The van der Waals surface area contributed by atoms with Crippen LogP contribution < -0.4 is 0 Å². The highest BCUT2D eigenvalue weighted by Crippen LogP contribution is 2.40. The molecule has 0 radical (unpaired) electrons. The zero-order chi connectivity index (χ0) is 18.0. The van der Waals surface area contributed by atoms with E-state index in [1.807, 2.05) is 35.2 Å². The summed E-state index contributed by atoms with van der Waals surface area (Å²) in [7, 11) is 0. The van der Waals surface area contributed by atoms with E-state index in [1.165, 1.54) is 10.8 Å². The van der Waals surface area contributed by atoms with Crippen LogP contribution >= 0.6 is 0 Å². The van der Waals surface area contributed by atoms with Gasteiger partial charge in [0.05, 0.1) is 0 Å². The Bertz CT molecular complexity index is 922. The topological polar surface area (TPSA) is 40.5 Å². The molecule has 1 N–H and O–H groups in total. The SMILES string of the molecule is O=C1CC(CCO)(c2ccc3ccccc3c2)CN1Cc1ccccc1. The minimum absolute atomic E-state index is 0.0826. The van der Waals surface area contributed by atoms with Crippen LogP contribution in [0.4, 0.5) is 0 Å². The molecule has 1 heterocycles. The van der Waals surface area contributed by atoms with Crippen molar-refractivity contribution in [2.75, 3.05) is 13.2 Å². The van der Waals surface area contributed by atoms with E-state index in [1.54, 1.807) is 0 Å². The summed E-state index contributed by atoms with van der Waals surface area (Å²) in [4.78, 5) is 14.7. The van der Waals surface area contributed by atoms with E-state index < -0.39 is 0 Å². The molecule has 3 heteroatoms. The highest BCUT2D eigenvalue weighted by Gasteiger charge is 2.43. The van der Waals surface area contributed by atoms with Gasteiger partial charge in [0.1, 0.15) is 0 Å². The fourth-order valence-electron chi connectivity index (χ4n) is 4.10. The van der Waals surface area contributed by atoms with Crippen LogP contribution in [0.5, 0.6) is 0 Å². The number of fused-ring (bicyclic) bond motifs is 1. The van der Waals surface area contributed by atoms with Gasteiger partial charge in [-0.3, -0.25) is 4.79 Å². The first-order valence-electron chi connectivity index (χ1n) is 9.12. The summed E-state index contributed by atoms with van der Waals surface area (Å²) >= 11 is 0. The van der Waals surface area contributed by atoms with Crippen LogP contribution in [0, 0.1) is 0 Å². The molecule has 1 atom stereocenters. The van der Waals surface area contributed by atoms with Crippen LogP contribution in [0.25, 0.3) is 10.8 Å². The summed E-state index contributed by atoms with van der Waals surface area (Å²) in [6.45, 7) is 1.36. The van der Waals surface area contributed by atoms with Crippen molar-refractivity contribution in [2.45, 2.75) is 24.8 Å². The summed E-state index contributed by atoms with van der Waals surface area (Å²) < 4.78 is 0. The molecule has 3 aromatic carbocycles. The maximum absolute atomic E-state index is 12.8. The van der Waals surface area contributed by atoms with Crippen molar-refractivity contribution in [3.8, 4) is 0 Å². The van der Waals surface area contributed by atoms with Crippen molar-refractivity contribution >= 4 is 16.7 Å². The highest BCUT2D eigenvalue weighted by molar-refractivity contribution is 5.85. The lowest BCUT2D eigenvalue weighted by Crippen LogP contribution is -2.32. The minimum atomic E-state index is -0.315. The number of aliphatic hydroxyl groups is 1. The van der Waals surface area contributed by atoms with Crippen molar-refractivity contribution in [2.24, 2.45) is 0 Å². The number of carbonyl (C=O) groups is 1. The normalized spacial score (nSPS) is 20.0. The smallest absolute Gasteiger partial charge is 0.223 e. The monoisotopic (exact) mass is 345 g/mol. The van der Waals surface area contributed by atoms with Gasteiger partial charge < -0.3 is 10.0 Å². The van der Waals surface area contributed by atoms with Crippen LogP contribution in [0.3, 0.4) is 0 Å². The Morgan fingerprint density at radius 3 is 2.42 bits per heavy atom. The number of amides is 1. The van der Waals surface area contributed by atoms with Crippen molar-refractivity contribution in [1.29, 1.82) is 0 Å². The zero-order valence-corrected chi connectivity index (χ0v) is 14.8. The third kappa shape index (κ3) is 3.11. The number of benzene rings is 3. The van der Waals surface area contributed by atoms with E-state index in [-0.39, 0.29) is 17.9 Å². The second-order valence-corrected chi connectivity index (χ2v) is 7.23. The molecule has 0 aliphatic carbocycles. The zero-order valence-electron chi connectivity index (χ0n) is 14.8. The summed E-state index contributed by atoms with van der Waals surface area (Å²) in [5.41, 5.74) is 1.97. The molecule has 0 saturated carbocycles. The second-order valence-electron chi connectivity index (χ2n) is 7.23. The maximum atomic E-state index is 12.8. The lowest BCUT2D eigenvalue weighted by Gasteiger charge is -2.29. The summed E-state index contributed by atoms with van der Waals surface area (Å²) in [5.74, 6) is 0.162. The number of rotatable bonds is 5. The van der Waals surface area contributed by atoms with Gasteiger partial charge in [0.2, 0.25) is 5.91 Å². The van der Waals surface area contributed by atoms with Crippen LogP contribution in [0.15, 0.2) is 72.8 Å². The number of carbonyl (C=O) groups excluding carboxylic acids is 1. The first-order valence-corrected chi connectivity index (χ1v) is 9.12. The van der Waals surface area contributed by atoms with Crippen LogP contribution in [0.2, 0.25) is 0 Å². The molecule has 26 heavy (non-hydrogen) atoms. The predicted molar refractivity (Wildman–Crippen MR) is 104 cm³/mol. The Morgan fingerprint density at radius 2 is 1.65 bits per heavy atom. The Hall–Kier alpha value is -2.65. The molecule has 1 aliphatic heterocycles. The van der Waals surface area contributed by atoms with Crippen LogP contribution in [-0.4, -0.2) is 29.1 Å². The van der Waals surface area contributed by atoms with Gasteiger partial charge in [-0.1, -0.05) is 72.8 Å². The molecular weight excluding hydrogens is 322 g/mol. The maximum Gasteiger partial charge on any atom is 0.223 e. The fourth-order valence-corrected chi connectivity index (χ4v) is 4.10. The third-order valence-corrected chi connectivity index (χ3v) is 5.50. The Morgan fingerprint density at radius 1 is 0.923 bits per heavy atom. The summed E-state index contributed by atoms with van der Waals surface area (Å²) in [5, 5.41) is 12.1. The molecule has 1 aliphatic rings. The van der Waals surface area contributed by atoms with Gasteiger partial charge in [0, 0.05) is 31.5 Å². The number of likely N-dealkylation sites (tertiary alicyclic amines) is 1. The van der Waals surface area contributed by atoms with Gasteiger partial charge in [-0.15, -0.1) is 0 Å². The van der Waals surface area contributed by atoms with Gasteiger partial charge in [0.15, 0.2) is 0 Å². The molecule has 1 saturated heterocycles. The van der Waals surface area contributed by atoms with E-state index in [0.717, 1.165) is 11.1 Å². The Labute approximate surface area is 153 Å². The molecule has 0 aromatic heterocycles. The van der Waals surface area contributed by atoms with E-state index >= 15 is 0 Å². The molecule has 3 nitrogen and oxygen atoms in total. The van der Waals surface area contributed by atoms with Gasteiger partial charge >= 0.3 is 0 Å². The molecular formula is C23H23NO2. The average molecular weight is 345 g/mol. The largest absolute Gasteiger partial charge is 0.396 e. The van der Waals surface area contributed by atoms with Gasteiger partial charge in [0.25, 0.3) is 0 Å². The number of aliphatic hydroxyl groups excluding tert-OH is 1. The molecule has 0 spiro atoms. The van der Waals surface area contributed by atoms with E-state index in [9.17, 15) is 9.90 Å². The molecule has 1 amide bonds. The number of nitrogens with zero attached hydrogens (tertiary/aromatic N) is 1. The minimum Gasteiger partial charge on any atom is -0.396 e. The van der Waals surface area contributed by atoms with Crippen molar-refractivity contribution in [3.05, 3.63) is 83.9 Å². The first kappa shape index (κ1) is 16.8. The summed E-state index contributed by atoms with van der Waals surface area (Å²) in [6.07, 6.45) is 1.06. The van der Waals surface area contributed by atoms with Crippen molar-refractivity contribution < 1.29 is 9.90 Å². The highest BCUT2D eigenvalue weighted by atomic mass is 16.3. The molecule has 0 bridgehead atoms. The lowest BCUT2D eigenvalue weighted by molar-refractivity contribution is -0.128. The average Bonchev–Trinajstić information content (AvgIpc) is 2.99.